The van der Waals surface area contributed by atoms with Crippen LogP contribution in [0.1, 0.15) is 65.8 Å². The van der Waals surface area contributed by atoms with E-state index >= 15 is 0 Å². The van der Waals surface area contributed by atoms with Gasteiger partial charge in [0.25, 0.3) is 0 Å². The lowest BCUT2D eigenvalue weighted by Crippen LogP contribution is -2.18. The lowest BCUT2D eigenvalue weighted by atomic mass is 9.92. The Morgan fingerprint density at radius 1 is 1.00 bits per heavy atom. The van der Waals surface area contributed by atoms with Crippen LogP contribution in [0.15, 0.2) is 52.9 Å². The second-order valence-corrected chi connectivity index (χ2v) is 8.32. The van der Waals surface area contributed by atoms with E-state index < -0.39 is 11.9 Å². The van der Waals surface area contributed by atoms with Crippen molar-refractivity contribution in [1.29, 1.82) is 0 Å². The van der Waals surface area contributed by atoms with Crippen LogP contribution in [0.4, 0.5) is 0 Å². The smallest absolute Gasteiger partial charge is 0.306 e. The fourth-order valence-corrected chi connectivity index (χ4v) is 4.47. The Labute approximate surface area is 176 Å². The zero-order chi connectivity index (χ0) is 20.9. The third-order valence-electron chi connectivity index (χ3n) is 6.17. The summed E-state index contributed by atoms with van der Waals surface area (Å²) in [7, 11) is 0. The number of benzene rings is 2. The maximum absolute atomic E-state index is 12.7. The largest absolute Gasteiger partial charge is 0.481 e. The molecule has 0 fully saturated rings. The summed E-state index contributed by atoms with van der Waals surface area (Å²) in [5.41, 5.74) is 3.87. The van der Waals surface area contributed by atoms with Crippen molar-refractivity contribution in [3.63, 3.8) is 0 Å². The first kappa shape index (κ1) is 20.4. The summed E-state index contributed by atoms with van der Waals surface area (Å²) in [6, 6.07) is 15.9. The number of rotatable bonds is 10. The quantitative estimate of drug-likeness (QED) is 0.332. The predicted octanol–water partition coefficient (Wildman–Crippen LogP) is 6.00. The molecule has 0 saturated carbocycles. The van der Waals surface area contributed by atoms with Crippen LogP contribution < -0.4 is 0 Å². The number of carbonyl (C=O) groups is 2. The zero-order valence-electron chi connectivity index (χ0n) is 17.2. The van der Waals surface area contributed by atoms with Gasteiger partial charge in [0.2, 0.25) is 0 Å². The van der Waals surface area contributed by atoms with Crippen molar-refractivity contribution in [3.05, 3.63) is 71.0 Å². The summed E-state index contributed by atoms with van der Waals surface area (Å²) < 4.78 is 5.91. The second-order valence-electron chi connectivity index (χ2n) is 8.32. The summed E-state index contributed by atoms with van der Waals surface area (Å²) in [6.45, 7) is 0. The molecule has 1 atom stereocenters. The zero-order valence-corrected chi connectivity index (χ0v) is 17.2. The van der Waals surface area contributed by atoms with E-state index in [-0.39, 0.29) is 12.2 Å². The number of fused-ring (bicyclic) bond motifs is 3. The van der Waals surface area contributed by atoms with Gasteiger partial charge in [-0.1, -0.05) is 55.3 Å². The molecule has 1 aliphatic rings. The third kappa shape index (κ3) is 4.64. The Morgan fingerprint density at radius 2 is 1.83 bits per heavy atom. The molecule has 4 heteroatoms. The number of carbonyl (C=O) groups excluding carboxylic acids is 1. The number of unbranched alkanes of at least 4 members (excludes halogenated alkanes) is 2. The van der Waals surface area contributed by atoms with Crippen LogP contribution in [-0.4, -0.2) is 16.9 Å². The van der Waals surface area contributed by atoms with Crippen molar-refractivity contribution >= 4 is 22.7 Å². The van der Waals surface area contributed by atoms with E-state index in [4.69, 9.17) is 4.42 Å². The molecule has 4 nitrogen and oxygen atoms in total. The molecule has 1 heterocycles. The van der Waals surface area contributed by atoms with Gasteiger partial charge in [0, 0.05) is 29.4 Å². The Morgan fingerprint density at radius 3 is 2.63 bits per heavy atom. The Hall–Kier alpha value is -2.88. The number of carboxylic acid groups (broad SMARTS) is 1. The van der Waals surface area contributed by atoms with Gasteiger partial charge in [-0.15, -0.1) is 0 Å². The van der Waals surface area contributed by atoms with Crippen LogP contribution in [0.2, 0.25) is 0 Å². The fourth-order valence-electron chi connectivity index (χ4n) is 4.47. The maximum Gasteiger partial charge on any atom is 0.306 e. The highest BCUT2D eigenvalue weighted by atomic mass is 16.4. The minimum Gasteiger partial charge on any atom is -0.481 e. The second kappa shape index (κ2) is 9.29. The van der Waals surface area contributed by atoms with Crippen LogP contribution in [-0.2, 0) is 24.1 Å². The molecule has 1 unspecified atom stereocenters. The maximum atomic E-state index is 12.7. The molecule has 2 aromatic carbocycles. The third-order valence-corrected chi connectivity index (χ3v) is 6.17. The summed E-state index contributed by atoms with van der Waals surface area (Å²) in [5, 5.41) is 10.7. The summed E-state index contributed by atoms with van der Waals surface area (Å²) >= 11 is 0. The van der Waals surface area contributed by atoms with Gasteiger partial charge in [0.1, 0.15) is 11.3 Å². The minimum atomic E-state index is -0.885. The molecule has 1 N–H and O–H groups in total. The van der Waals surface area contributed by atoms with Crippen LogP contribution >= 0.6 is 0 Å². The molecular weight excluding hydrogens is 376 g/mol. The number of hydrogen-bond acceptors (Lipinski definition) is 3. The standard InChI is InChI=1S/C26H28O4/c27-23(19-14-15-22-21-12-7-13-24(21)30-25(22)17-19)16-20(26(28)29)11-6-2-5-10-18-8-3-1-4-9-18/h1,3-4,8-9,14-15,17,20H,2,5-7,10-13,16H2,(H,28,29). The van der Waals surface area contributed by atoms with Crippen molar-refractivity contribution in [2.45, 2.75) is 57.8 Å². The van der Waals surface area contributed by atoms with Crippen molar-refractivity contribution < 1.29 is 19.1 Å². The van der Waals surface area contributed by atoms with E-state index in [9.17, 15) is 14.7 Å². The number of aliphatic carboxylic acids is 1. The molecular formula is C26H28O4. The van der Waals surface area contributed by atoms with Gasteiger partial charge in [0.05, 0.1) is 5.92 Å². The number of hydrogen-bond donors (Lipinski definition) is 1. The summed E-state index contributed by atoms with van der Waals surface area (Å²) in [6.07, 6.45) is 7.51. The molecule has 0 saturated heterocycles. The molecule has 0 amide bonds. The lowest BCUT2D eigenvalue weighted by Gasteiger charge is -2.12. The van der Waals surface area contributed by atoms with E-state index in [1.165, 1.54) is 11.1 Å². The Kier molecular flexibility index (Phi) is 6.32. The average Bonchev–Trinajstić information content (AvgIpc) is 3.34. The van der Waals surface area contributed by atoms with Crippen molar-refractivity contribution in [2.75, 3.05) is 0 Å². The molecule has 30 heavy (non-hydrogen) atoms. The minimum absolute atomic E-state index is 0.0416. The monoisotopic (exact) mass is 404 g/mol. The van der Waals surface area contributed by atoms with Gasteiger partial charge in [-0.3, -0.25) is 9.59 Å². The highest BCUT2D eigenvalue weighted by Gasteiger charge is 2.23. The highest BCUT2D eigenvalue weighted by Crippen LogP contribution is 2.33. The number of Topliss-reactive ketones (excluding diaryl/α,β-unsaturated/α-hetero) is 1. The van der Waals surface area contributed by atoms with Gasteiger partial charge in [-0.25, -0.2) is 0 Å². The Bertz CT molecular complexity index is 1030. The molecule has 4 rings (SSSR count). The van der Waals surface area contributed by atoms with Crippen molar-refractivity contribution in [3.8, 4) is 0 Å². The topological polar surface area (TPSA) is 67.5 Å². The SMILES string of the molecule is O=C(CC(CCCCCc1ccccc1)C(=O)O)c1ccc2c3c(oc2c1)CCC3. The molecule has 1 aromatic heterocycles. The molecule has 0 bridgehead atoms. The molecule has 0 spiro atoms. The highest BCUT2D eigenvalue weighted by molar-refractivity contribution is 6.01. The van der Waals surface area contributed by atoms with Gasteiger partial charge in [-0.2, -0.15) is 0 Å². The number of furan rings is 1. The number of aryl methyl sites for hydroxylation is 3. The van der Waals surface area contributed by atoms with Gasteiger partial charge >= 0.3 is 5.97 Å². The van der Waals surface area contributed by atoms with Crippen LogP contribution in [0.5, 0.6) is 0 Å². The first-order valence-electron chi connectivity index (χ1n) is 11.0. The van der Waals surface area contributed by atoms with Crippen molar-refractivity contribution in [2.24, 2.45) is 5.92 Å². The lowest BCUT2D eigenvalue weighted by molar-refractivity contribution is -0.141. The van der Waals surface area contributed by atoms with E-state index in [1.54, 1.807) is 6.07 Å². The van der Waals surface area contributed by atoms with Crippen LogP contribution in [0.3, 0.4) is 0 Å². The molecule has 0 aliphatic heterocycles. The first-order chi connectivity index (χ1) is 14.6. The molecule has 156 valence electrons. The molecule has 3 aromatic rings. The van der Waals surface area contributed by atoms with E-state index in [0.29, 0.717) is 12.0 Å². The van der Waals surface area contributed by atoms with Crippen LogP contribution in [0, 0.1) is 5.92 Å². The molecule has 1 aliphatic carbocycles. The molecule has 0 radical (unpaired) electrons. The number of ketones is 1. The van der Waals surface area contributed by atoms with Gasteiger partial charge in [0.15, 0.2) is 5.78 Å². The van der Waals surface area contributed by atoms with Crippen LogP contribution in [0.25, 0.3) is 11.0 Å². The van der Waals surface area contributed by atoms with E-state index in [2.05, 4.69) is 12.1 Å². The van der Waals surface area contributed by atoms with Crippen molar-refractivity contribution in [1.82, 2.24) is 0 Å². The van der Waals surface area contributed by atoms with E-state index in [0.717, 1.165) is 61.7 Å². The van der Waals surface area contributed by atoms with Gasteiger partial charge in [-0.05, 0) is 43.7 Å². The first-order valence-corrected chi connectivity index (χ1v) is 11.0. The predicted molar refractivity (Wildman–Crippen MR) is 117 cm³/mol. The Balaban J connectivity index is 1.30. The summed E-state index contributed by atoms with van der Waals surface area (Å²) in [5.74, 6) is -0.602. The average molecular weight is 405 g/mol. The van der Waals surface area contributed by atoms with Gasteiger partial charge < -0.3 is 9.52 Å². The van der Waals surface area contributed by atoms with E-state index in [1.807, 2.05) is 30.3 Å². The normalized spacial score (nSPS) is 14.0. The fraction of sp³-hybridized carbons (Fsp3) is 0.385. The number of carboxylic acids is 1. The summed E-state index contributed by atoms with van der Waals surface area (Å²) in [4.78, 5) is 24.4.